The van der Waals surface area contributed by atoms with Crippen LogP contribution in [0.1, 0.15) is 42.1 Å². The molecule has 0 N–H and O–H groups in total. The number of benzene rings is 1. The first kappa shape index (κ1) is 15.7. The van der Waals surface area contributed by atoms with Crippen LogP contribution in [0, 0.1) is 11.8 Å². The largest absolute Gasteiger partial charge is 0.288 e. The first-order chi connectivity index (χ1) is 10.8. The van der Waals surface area contributed by atoms with E-state index in [-0.39, 0.29) is 5.78 Å². The fourth-order valence-corrected chi connectivity index (χ4v) is 1.95. The molecule has 0 aliphatic rings. The summed E-state index contributed by atoms with van der Waals surface area (Å²) in [5.74, 6) is 6.09. The zero-order valence-electron chi connectivity index (χ0n) is 12.8. The second-order valence-corrected chi connectivity index (χ2v) is 4.94. The minimum Gasteiger partial charge on any atom is -0.288 e. The molecule has 2 rings (SSSR count). The van der Waals surface area contributed by atoms with Crippen LogP contribution in [0.2, 0.25) is 0 Å². The van der Waals surface area contributed by atoms with E-state index in [4.69, 9.17) is 0 Å². The number of hydrogen-bond acceptors (Lipinski definition) is 2. The molecule has 0 atom stereocenters. The van der Waals surface area contributed by atoms with Crippen LogP contribution in [0.25, 0.3) is 6.08 Å². The van der Waals surface area contributed by atoms with Gasteiger partial charge in [-0.3, -0.25) is 9.78 Å². The predicted molar refractivity (Wildman–Crippen MR) is 90.3 cm³/mol. The number of carbonyl (C=O) groups is 1. The van der Waals surface area contributed by atoms with E-state index in [1.165, 1.54) is 0 Å². The number of allylic oxidation sites excluding steroid dienone is 1. The van der Waals surface area contributed by atoms with Crippen molar-refractivity contribution in [2.24, 2.45) is 0 Å². The number of carbonyl (C=O) groups excluding carboxylic acids is 1. The third kappa shape index (κ3) is 4.71. The minimum atomic E-state index is -0.0477. The summed E-state index contributed by atoms with van der Waals surface area (Å²) in [4.78, 5) is 16.7. The Morgan fingerprint density at radius 2 is 2.00 bits per heavy atom. The summed E-state index contributed by atoms with van der Waals surface area (Å²) in [7, 11) is 0. The van der Waals surface area contributed by atoms with Gasteiger partial charge in [0, 0.05) is 24.4 Å². The molecule has 0 unspecified atom stereocenters. The highest BCUT2D eigenvalue weighted by Crippen LogP contribution is 2.12. The molecule has 0 saturated carbocycles. The van der Waals surface area contributed by atoms with Gasteiger partial charge in [-0.25, -0.2) is 0 Å². The first-order valence-corrected chi connectivity index (χ1v) is 7.51. The Balaban J connectivity index is 2.30. The molecular weight excluding hydrogens is 270 g/mol. The number of ketones is 1. The monoisotopic (exact) mass is 289 g/mol. The number of Topliss-reactive ketones (excluding diaryl/α,β-unsaturated/α-hetero) is 1. The average Bonchev–Trinajstić information content (AvgIpc) is 2.59. The molecule has 0 aliphatic heterocycles. The SMILES string of the molecule is CCCCC#C/C(=C\c1cccnc1)C(=O)c1ccccc1. The molecule has 0 radical (unpaired) electrons. The van der Waals surface area contributed by atoms with E-state index in [1.807, 2.05) is 42.5 Å². The van der Waals surface area contributed by atoms with E-state index < -0.39 is 0 Å². The van der Waals surface area contributed by atoms with Crippen LogP contribution in [0.4, 0.5) is 0 Å². The van der Waals surface area contributed by atoms with Gasteiger partial charge in [-0.05, 0) is 24.1 Å². The van der Waals surface area contributed by atoms with Crippen molar-refractivity contribution in [1.29, 1.82) is 0 Å². The highest BCUT2D eigenvalue weighted by molar-refractivity contribution is 6.14. The lowest BCUT2D eigenvalue weighted by atomic mass is 10.0. The smallest absolute Gasteiger partial charge is 0.201 e. The van der Waals surface area contributed by atoms with Crippen molar-refractivity contribution in [2.45, 2.75) is 26.2 Å². The first-order valence-electron chi connectivity index (χ1n) is 7.51. The number of hydrogen-bond donors (Lipinski definition) is 0. The van der Waals surface area contributed by atoms with E-state index in [9.17, 15) is 4.79 Å². The lowest BCUT2D eigenvalue weighted by Gasteiger charge is -2.01. The van der Waals surface area contributed by atoms with Gasteiger partial charge in [0.1, 0.15) is 0 Å². The second kappa shape index (κ2) is 8.59. The fraction of sp³-hybridized carbons (Fsp3) is 0.200. The third-order valence-corrected chi connectivity index (χ3v) is 3.15. The van der Waals surface area contributed by atoms with Gasteiger partial charge in [0.2, 0.25) is 5.78 Å². The van der Waals surface area contributed by atoms with Gasteiger partial charge in [0.05, 0.1) is 5.57 Å². The topological polar surface area (TPSA) is 30.0 Å². The lowest BCUT2D eigenvalue weighted by Crippen LogP contribution is -2.01. The molecule has 2 aromatic rings. The molecule has 1 heterocycles. The van der Waals surface area contributed by atoms with Crippen molar-refractivity contribution >= 4 is 11.9 Å². The summed E-state index contributed by atoms with van der Waals surface area (Å²) in [6.45, 7) is 2.13. The van der Waals surface area contributed by atoms with E-state index in [1.54, 1.807) is 18.5 Å². The molecular formula is C20H19NO. The van der Waals surface area contributed by atoms with Crippen molar-refractivity contribution in [1.82, 2.24) is 4.98 Å². The van der Waals surface area contributed by atoms with Crippen LogP contribution >= 0.6 is 0 Å². The normalized spacial score (nSPS) is 10.7. The van der Waals surface area contributed by atoms with Gasteiger partial charge < -0.3 is 0 Å². The summed E-state index contributed by atoms with van der Waals surface area (Å²) in [6.07, 6.45) is 8.20. The Hall–Kier alpha value is -2.66. The fourth-order valence-electron chi connectivity index (χ4n) is 1.95. The molecule has 1 aromatic heterocycles. The van der Waals surface area contributed by atoms with Crippen LogP contribution in [0.3, 0.4) is 0 Å². The molecule has 0 aliphatic carbocycles. The quantitative estimate of drug-likeness (QED) is 0.350. The molecule has 110 valence electrons. The van der Waals surface area contributed by atoms with Gasteiger partial charge in [0.25, 0.3) is 0 Å². The summed E-state index contributed by atoms with van der Waals surface area (Å²) in [5.41, 5.74) is 2.05. The summed E-state index contributed by atoms with van der Waals surface area (Å²) < 4.78 is 0. The molecule has 0 amide bonds. The molecule has 1 aromatic carbocycles. The van der Waals surface area contributed by atoms with E-state index in [0.29, 0.717) is 11.1 Å². The Bertz CT molecular complexity index is 691. The maximum absolute atomic E-state index is 12.6. The summed E-state index contributed by atoms with van der Waals surface area (Å²) in [6, 6.07) is 13.0. The highest BCUT2D eigenvalue weighted by atomic mass is 16.1. The van der Waals surface area contributed by atoms with E-state index >= 15 is 0 Å². The second-order valence-electron chi connectivity index (χ2n) is 4.94. The summed E-state index contributed by atoms with van der Waals surface area (Å²) in [5, 5.41) is 0. The maximum Gasteiger partial charge on any atom is 0.201 e. The van der Waals surface area contributed by atoms with Crippen molar-refractivity contribution < 1.29 is 4.79 Å². The van der Waals surface area contributed by atoms with Crippen molar-refractivity contribution in [2.75, 3.05) is 0 Å². The van der Waals surface area contributed by atoms with Gasteiger partial charge >= 0.3 is 0 Å². The van der Waals surface area contributed by atoms with Crippen molar-refractivity contribution in [3.63, 3.8) is 0 Å². The Kier molecular flexibility index (Phi) is 6.14. The third-order valence-electron chi connectivity index (χ3n) is 3.15. The van der Waals surface area contributed by atoms with E-state index in [0.717, 1.165) is 24.8 Å². The zero-order valence-corrected chi connectivity index (χ0v) is 12.8. The number of unbranched alkanes of at least 4 members (excludes halogenated alkanes) is 2. The standard InChI is InChI=1S/C20H19NO/c1-2-3-4-6-13-19(15-17-10-9-14-21-16-17)20(22)18-11-7-5-8-12-18/h5,7-12,14-16H,2-4H2,1H3/b19-15+. The molecule has 0 bridgehead atoms. The molecule has 2 heteroatoms. The lowest BCUT2D eigenvalue weighted by molar-refractivity contribution is 0.104. The number of nitrogens with zero attached hydrogens (tertiary/aromatic N) is 1. The zero-order chi connectivity index (χ0) is 15.6. The molecule has 22 heavy (non-hydrogen) atoms. The molecule has 2 nitrogen and oxygen atoms in total. The van der Waals surface area contributed by atoms with E-state index in [2.05, 4.69) is 23.7 Å². The van der Waals surface area contributed by atoms with Gasteiger partial charge in [-0.15, -0.1) is 0 Å². The van der Waals surface area contributed by atoms with Gasteiger partial charge in [-0.1, -0.05) is 61.6 Å². The van der Waals surface area contributed by atoms with Gasteiger partial charge in [0.15, 0.2) is 0 Å². The Morgan fingerprint density at radius 3 is 2.68 bits per heavy atom. The van der Waals surface area contributed by atoms with Gasteiger partial charge in [-0.2, -0.15) is 0 Å². The number of aromatic nitrogens is 1. The molecule has 0 fully saturated rings. The minimum absolute atomic E-state index is 0.0477. The van der Waals surface area contributed by atoms with Crippen molar-refractivity contribution in [3.05, 3.63) is 71.6 Å². The van der Waals surface area contributed by atoms with Crippen LogP contribution in [-0.4, -0.2) is 10.8 Å². The van der Waals surface area contributed by atoms with Crippen LogP contribution in [-0.2, 0) is 0 Å². The van der Waals surface area contributed by atoms with Crippen LogP contribution in [0.15, 0.2) is 60.4 Å². The Labute approximate surface area is 131 Å². The molecule has 0 spiro atoms. The van der Waals surface area contributed by atoms with Crippen LogP contribution < -0.4 is 0 Å². The highest BCUT2D eigenvalue weighted by Gasteiger charge is 2.09. The maximum atomic E-state index is 12.6. The number of pyridine rings is 1. The Morgan fingerprint density at radius 1 is 1.18 bits per heavy atom. The average molecular weight is 289 g/mol. The van der Waals surface area contributed by atoms with Crippen molar-refractivity contribution in [3.8, 4) is 11.8 Å². The number of rotatable bonds is 5. The molecule has 0 saturated heterocycles. The predicted octanol–water partition coefficient (Wildman–Crippen LogP) is 4.54. The summed E-state index contributed by atoms with van der Waals surface area (Å²) >= 11 is 0. The van der Waals surface area contributed by atoms with Crippen LogP contribution in [0.5, 0.6) is 0 Å².